The number of rotatable bonds is 4. The Morgan fingerprint density at radius 3 is 2.94 bits per heavy atom. The van der Waals surface area contributed by atoms with E-state index in [-0.39, 0.29) is 12.0 Å². The minimum Gasteiger partial charge on any atom is -0.371 e. The van der Waals surface area contributed by atoms with Gasteiger partial charge in [-0.3, -0.25) is 14.7 Å². The van der Waals surface area contributed by atoms with Crippen molar-refractivity contribution in [1.82, 2.24) is 14.8 Å². The smallest absolute Gasteiger partial charge is 0.263 e. The van der Waals surface area contributed by atoms with Crippen molar-refractivity contribution >= 4 is 38.2 Å². The highest BCUT2D eigenvalue weighted by Crippen LogP contribution is 2.38. The summed E-state index contributed by atoms with van der Waals surface area (Å²) < 4.78 is 7.35. The summed E-state index contributed by atoms with van der Waals surface area (Å²) in [5.74, 6) is 0.0407. The maximum atomic E-state index is 12.9. The number of pyridine rings is 1. The standard InChI is InChI=1S/C25H25N3O2S/c1-27(2)25(29)24-23(19-7-3-4-8-22(19)31-24)21-16-28(12-13-30-21)15-17-9-10-20-18(14-17)6-5-11-26-20/h3-11,14,21H,12-13,15-16H2,1-2H3/t21-/m0/s1. The number of hydrogen-bond acceptors (Lipinski definition) is 5. The van der Waals surface area contributed by atoms with Gasteiger partial charge in [-0.1, -0.05) is 30.3 Å². The van der Waals surface area contributed by atoms with Gasteiger partial charge in [-0.15, -0.1) is 11.3 Å². The molecule has 0 spiro atoms. The Bertz CT molecular complexity index is 1250. The van der Waals surface area contributed by atoms with Crippen molar-refractivity contribution in [3.63, 3.8) is 0 Å². The normalized spacial score (nSPS) is 17.3. The van der Waals surface area contributed by atoms with Gasteiger partial charge in [0.15, 0.2) is 0 Å². The molecule has 5 rings (SSSR count). The third-order valence-electron chi connectivity index (χ3n) is 5.78. The number of nitrogens with zero attached hydrogens (tertiary/aromatic N) is 3. The van der Waals surface area contributed by atoms with Crippen LogP contribution in [0.2, 0.25) is 0 Å². The number of fused-ring (bicyclic) bond motifs is 2. The van der Waals surface area contributed by atoms with Crippen LogP contribution in [0.1, 0.15) is 26.9 Å². The lowest BCUT2D eigenvalue weighted by Gasteiger charge is -2.33. The fourth-order valence-corrected chi connectivity index (χ4v) is 5.53. The number of amides is 1. The minimum absolute atomic E-state index is 0.0407. The number of benzene rings is 2. The van der Waals surface area contributed by atoms with Crippen LogP contribution in [0.25, 0.3) is 21.0 Å². The molecular formula is C25H25N3O2S. The molecule has 4 aromatic rings. The van der Waals surface area contributed by atoms with Gasteiger partial charge in [-0.25, -0.2) is 0 Å². The lowest BCUT2D eigenvalue weighted by atomic mass is 10.0. The summed E-state index contributed by atoms with van der Waals surface area (Å²) in [5, 5.41) is 2.29. The summed E-state index contributed by atoms with van der Waals surface area (Å²) in [6.45, 7) is 3.14. The molecule has 1 atom stereocenters. The van der Waals surface area contributed by atoms with Crippen LogP contribution in [0.4, 0.5) is 0 Å². The maximum absolute atomic E-state index is 12.9. The van der Waals surface area contributed by atoms with Gasteiger partial charge in [0.1, 0.15) is 0 Å². The van der Waals surface area contributed by atoms with Crippen molar-refractivity contribution in [3.8, 4) is 0 Å². The largest absolute Gasteiger partial charge is 0.371 e. The van der Waals surface area contributed by atoms with Crippen molar-refractivity contribution in [1.29, 1.82) is 0 Å². The van der Waals surface area contributed by atoms with E-state index in [4.69, 9.17) is 4.74 Å². The van der Waals surface area contributed by atoms with Crippen molar-refractivity contribution in [2.75, 3.05) is 33.8 Å². The fourth-order valence-electron chi connectivity index (χ4n) is 4.25. The molecule has 0 aliphatic carbocycles. The summed E-state index contributed by atoms with van der Waals surface area (Å²) in [5.41, 5.74) is 3.32. The average molecular weight is 432 g/mol. The Morgan fingerprint density at radius 1 is 1.19 bits per heavy atom. The zero-order valence-corrected chi connectivity index (χ0v) is 18.6. The van der Waals surface area contributed by atoms with Crippen LogP contribution < -0.4 is 0 Å². The van der Waals surface area contributed by atoms with E-state index in [1.807, 2.05) is 24.4 Å². The van der Waals surface area contributed by atoms with Crippen LogP contribution in [-0.2, 0) is 11.3 Å². The molecule has 0 saturated carbocycles. The molecule has 3 heterocycles. The third-order valence-corrected chi connectivity index (χ3v) is 6.96. The first-order valence-electron chi connectivity index (χ1n) is 10.5. The Balaban J connectivity index is 1.44. The van der Waals surface area contributed by atoms with Gasteiger partial charge in [0.05, 0.1) is 23.1 Å². The van der Waals surface area contributed by atoms with Crippen molar-refractivity contribution in [2.24, 2.45) is 0 Å². The van der Waals surface area contributed by atoms with Crippen molar-refractivity contribution < 1.29 is 9.53 Å². The second-order valence-electron chi connectivity index (χ2n) is 8.17. The molecule has 0 radical (unpaired) electrons. The number of hydrogen-bond donors (Lipinski definition) is 0. The quantitative estimate of drug-likeness (QED) is 0.469. The number of carbonyl (C=O) groups excluding carboxylic acids is 1. The molecule has 1 saturated heterocycles. The van der Waals surface area contributed by atoms with Gasteiger partial charge in [0.2, 0.25) is 0 Å². The molecule has 1 aliphatic rings. The lowest BCUT2D eigenvalue weighted by Crippen LogP contribution is -2.38. The van der Waals surface area contributed by atoms with Gasteiger partial charge in [0.25, 0.3) is 5.91 Å². The maximum Gasteiger partial charge on any atom is 0.263 e. The molecule has 5 nitrogen and oxygen atoms in total. The zero-order valence-electron chi connectivity index (χ0n) is 17.7. The topological polar surface area (TPSA) is 45.7 Å². The van der Waals surface area contributed by atoms with Crippen LogP contribution in [0.5, 0.6) is 0 Å². The zero-order chi connectivity index (χ0) is 21.4. The van der Waals surface area contributed by atoms with Gasteiger partial charge in [0, 0.05) is 55.6 Å². The van der Waals surface area contributed by atoms with E-state index >= 15 is 0 Å². The van der Waals surface area contributed by atoms with Gasteiger partial charge in [-0.2, -0.15) is 0 Å². The van der Waals surface area contributed by atoms with E-state index in [2.05, 4.69) is 46.3 Å². The van der Waals surface area contributed by atoms with Crippen LogP contribution >= 0.6 is 11.3 Å². The minimum atomic E-state index is -0.120. The summed E-state index contributed by atoms with van der Waals surface area (Å²) >= 11 is 1.56. The highest BCUT2D eigenvalue weighted by molar-refractivity contribution is 7.21. The van der Waals surface area contributed by atoms with Crippen molar-refractivity contribution in [2.45, 2.75) is 12.6 Å². The highest BCUT2D eigenvalue weighted by atomic mass is 32.1. The van der Waals surface area contributed by atoms with Crippen LogP contribution in [-0.4, -0.2) is 54.5 Å². The number of aromatic nitrogens is 1. The average Bonchev–Trinajstić information content (AvgIpc) is 3.18. The van der Waals surface area contributed by atoms with E-state index in [1.54, 1.807) is 30.3 Å². The van der Waals surface area contributed by atoms with Gasteiger partial charge in [-0.05, 0) is 35.2 Å². The van der Waals surface area contributed by atoms with Crippen molar-refractivity contribution in [3.05, 3.63) is 76.8 Å². The molecular weight excluding hydrogens is 406 g/mol. The van der Waals surface area contributed by atoms with E-state index < -0.39 is 0 Å². The summed E-state index contributed by atoms with van der Waals surface area (Å²) in [6, 6.07) is 18.8. The molecule has 2 aromatic heterocycles. The SMILES string of the molecule is CN(C)C(=O)c1sc2ccccc2c1[C@@H]1CN(Cc2ccc3ncccc3c2)CCO1. The number of ether oxygens (including phenoxy) is 1. The van der Waals surface area contributed by atoms with E-state index in [0.29, 0.717) is 6.61 Å². The molecule has 1 aliphatic heterocycles. The van der Waals surface area contributed by atoms with Crippen LogP contribution in [0.3, 0.4) is 0 Å². The predicted molar refractivity (Wildman–Crippen MR) is 126 cm³/mol. The molecule has 2 aromatic carbocycles. The third kappa shape index (κ3) is 3.94. The van der Waals surface area contributed by atoms with Crippen LogP contribution in [0.15, 0.2) is 60.8 Å². The summed E-state index contributed by atoms with van der Waals surface area (Å²) in [7, 11) is 3.61. The molecule has 0 bridgehead atoms. The van der Waals surface area contributed by atoms with Gasteiger partial charge >= 0.3 is 0 Å². The summed E-state index contributed by atoms with van der Waals surface area (Å²) in [4.78, 5) is 22.2. The molecule has 6 heteroatoms. The molecule has 1 fully saturated rings. The predicted octanol–water partition coefficient (Wildman–Crippen LogP) is 4.72. The lowest BCUT2D eigenvalue weighted by molar-refractivity contribution is -0.0323. The fraction of sp³-hybridized carbons (Fsp3) is 0.280. The molecule has 0 unspecified atom stereocenters. The first-order chi connectivity index (χ1) is 15.1. The van der Waals surface area contributed by atoms with E-state index in [1.165, 1.54) is 5.56 Å². The molecule has 0 N–H and O–H groups in total. The number of thiophene rings is 1. The molecule has 158 valence electrons. The number of carbonyl (C=O) groups is 1. The summed E-state index contributed by atoms with van der Waals surface area (Å²) in [6.07, 6.45) is 1.71. The second kappa shape index (κ2) is 8.38. The Hall–Kier alpha value is -2.80. The monoisotopic (exact) mass is 431 g/mol. The Morgan fingerprint density at radius 2 is 2.06 bits per heavy atom. The second-order valence-corrected chi connectivity index (χ2v) is 9.22. The first-order valence-corrected chi connectivity index (χ1v) is 11.3. The molecule has 31 heavy (non-hydrogen) atoms. The first kappa shape index (κ1) is 20.1. The Kier molecular flexibility index (Phi) is 5.44. The Labute approximate surface area is 185 Å². The van der Waals surface area contributed by atoms with E-state index in [9.17, 15) is 4.79 Å². The molecule has 1 amide bonds. The number of morpholine rings is 1. The van der Waals surface area contributed by atoms with E-state index in [0.717, 1.165) is 51.1 Å². The highest BCUT2D eigenvalue weighted by Gasteiger charge is 2.30. The van der Waals surface area contributed by atoms with Gasteiger partial charge < -0.3 is 9.64 Å². The van der Waals surface area contributed by atoms with Crippen LogP contribution in [0, 0.1) is 0 Å².